The molecule has 0 bridgehead atoms. The van der Waals surface area contributed by atoms with Crippen molar-refractivity contribution in [2.45, 2.75) is 46.0 Å². The molecule has 2 heterocycles. The molecule has 18 heavy (non-hydrogen) atoms. The zero-order valence-corrected chi connectivity index (χ0v) is 12.1. The van der Waals surface area contributed by atoms with Crippen molar-refractivity contribution in [1.82, 2.24) is 10.3 Å². The molecule has 0 spiro atoms. The first-order valence-electron chi connectivity index (χ1n) is 6.80. The van der Waals surface area contributed by atoms with Gasteiger partial charge in [-0.3, -0.25) is 4.79 Å². The third-order valence-corrected chi connectivity index (χ3v) is 4.78. The van der Waals surface area contributed by atoms with Crippen LogP contribution in [0.4, 0.5) is 0 Å². The van der Waals surface area contributed by atoms with Gasteiger partial charge < -0.3 is 5.32 Å². The molecule has 2 rings (SSSR count). The highest BCUT2D eigenvalue weighted by Crippen LogP contribution is 2.20. The lowest BCUT2D eigenvalue weighted by Crippen LogP contribution is -2.28. The van der Waals surface area contributed by atoms with Gasteiger partial charge in [0.05, 0.1) is 12.1 Å². The van der Waals surface area contributed by atoms with Crippen molar-refractivity contribution in [1.29, 1.82) is 0 Å². The van der Waals surface area contributed by atoms with Crippen LogP contribution in [0.15, 0.2) is 0 Å². The van der Waals surface area contributed by atoms with E-state index in [-0.39, 0.29) is 0 Å². The normalized spacial score (nSPS) is 17.0. The lowest BCUT2D eigenvalue weighted by Gasteiger charge is -2.21. The summed E-state index contributed by atoms with van der Waals surface area (Å²) in [5, 5.41) is 4.34. The molecule has 1 fully saturated rings. The van der Waals surface area contributed by atoms with Gasteiger partial charge in [-0.15, -0.1) is 11.3 Å². The quantitative estimate of drug-likeness (QED) is 0.891. The van der Waals surface area contributed by atoms with E-state index >= 15 is 0 Å². The van der Waals surface area contributed by atoms with E-state index in [0.29, 0.717) is 12.2 Å². The summed E-state index contributed by atoms with van der Waals surface area (Å²) in [6.07, 6.45) is 4.77. The van der Waals surface area contributed by atoms with Crippen LogP contribution in [-0.2, 0) is 11.2 Å². The maximum absolute atomic E-state index is 11.9. The average molecular weight is 266 g/mol. The molecule has 0 atom stereocenters. The molecule has 0 amide bonds. The third kappa shape index (κ3) is 3.89. The van der Waals surface area contributed by atoms with Crippen LogP contribution in [0.25, 0.3) is 0 Å². The predicted molar refractivity (Wildman–Crippen MR) is 75.1 cm³/mol. The van der Waals surface area contributed by atoms with Gasteiger partial charge in [-0.2, -0.15) is 0 Å². The van der Waals surface area contributed by atoms with Gasteiger partial charge in [0.15, 0.2) is 0 Å². The summed E-state index contributed by atoms with van der Waals surface area (Å²) in [7, 11) is 0. The van der Waals surface area contributed by atoms with Crippen molar-refractivity contribution >= 4 is 17.1 Å². The molecule has 1 aliphatic heterocycles. The molecule has 0 saturated carbocycles. The number of Topliss-reactive ketones (excluding diaryl/α,β-unsaturated/α-hetero) is 1. The SMILES string of the molecule is Cc1nc(CC(=O)CCC2CCNCC2)sc1C. The fourth-order valence-corrected chi connectivity index (χ4v) is 3.37. The zero-order chi connectivity index (χ0) is 13.0. The Morgan fingerprint density at radius 1 is 1.39 bits per heavy atom. The highest BCUT2D eigenvalue weighted by Gasteiger charge is 2.15. The highest BCUT2D eigenvalue weighted by atomic mass is 32.1. The number of nitrogens with one attached hydrogen (secondary N) is 1. The molecular weight excluding hydrogens is 244 g/mol. The van der Waals surface area contributed by atoms with E-state index in [0.717, 1.165) is 42.6 Å². The van der Waals surface area contributed by atoms with Crippen molar-refractivity contribution in [3.63, 3.8) is 0 Å². The molecular formula is C14H22N2OS. The Morgan fingerprint density at radius 3 is 2.72 bits per heavy atom. The van der Waals surface area contributed by atoms with Crippen LogP contribution in [0.5, 0.6) is 0 Å². The number of ketones is 1. The van der Waals surface area contributed by atoms with Crippen molar-refractivity contribution in [3.8, 4) is 0 Å². The van der Waals surface area contributed by atoms with E-state index in [1.807, 2.05) is 6.92 Å². The van der Waals surface area contributed by atoms with E-state index in [9.17, 15) is 4.79 Å². The van der Waals surface area contributed by atoms with Gasteiger partial charge in [0.2, 0.25) is 0 Å². The molecule has 0 unspecified atom stereocenters. The van der Waals surface area contributed by atoms with Crippen LogP contribution in [0, 0.1) is 19.8 Å². The lowest BCUT2D eigenvalue weighted by molar-refractivity contribution is -0.118. The molecule has 100 valence electrons. The second kappa shape index (κ2) is 6.43. The Kier molecular flexibility index (Phi) is 4.89. The molecule has 0 aromatic carbocycles. The van der Waals surface area contributed by atoms with E-state index in [4.69, 9.17) is 0 Å². The van der Waals surface area contributed by atoms with E-state index in [1.54, 1.807) is 11.3 Å². The second-order valence-corrected chi connectivity index (χ2v) is 6.48. The molecule has 0 aliphatic carbocycles. The Balaban J connectivity index is 1.74. The summed E-state index contributed by atoms with van der Waals surface area (Å²) in [6, 6.07) is 0. The number of rotatable bonds is 5. The molecule has 1 saturated heterocycles. The number of carbonyl (C=O) groups excluding carboxylic acids is 1. The third-order valence-electron chi connectivity index (χ3n) is 3.71. The van der Waals surface area contributed by atoms with E-state index < -0.39 is 0 Å². The van der Waals surface area contributed by atoms with E-state index in [1.165, 1.54) is 17.7 Å². The topological polar surface area (TPSA) is 42.0 Å². The second-order valence-electron chi connectivity index (χ2n) is 5.20. The van der Waals surface area contributed by atoms with Crippen molar-refractivity contribution in [3.05, 3.63) is 15.6 Å². The Bertz CT molecular complexity index is 388. The first-order valence-corrected chi connectivity index (χ1v) is 7.62. The summed E-state index contributed by atoms with van der Waals surface area (Å²) in [4.78, 5) is 17.6. The minimum Gasteiger partial charge on any atom is -0.317 e. The fraction of sp³-hybridized carbons (Fsp3) is 0.714. The molecule has 1 N–H and O–H groups in total. The van der Waals surface area contributed by atoms with Gasteiger partial charge in [0, 0.05) is 11.3 Å². The smallest absolute Gasteiger partial charge is 0.139 e. The number of nitrogens with zero attached hydrogens (tertiary/aromatic N) is 1. The number of aromatic nitrogens is 1. The van der Waals surface area contributed by atoms with E-state index in [2.05, 4.69) is 17.2 Å². The maximum atomic E-state index is 11.9. The standard InChI is InChI=1S/C14H22N2OS/c1-10-11(2)18-14(16-10)9-13(17)4-3-12-5-7-15-8-6-12/h12,15H,3-9H2,1-2H3. The number of hydrogen-bond donors (Lipinski definition) is 1. The number of carbonyl (C=O) groups is 1. The summed E-state index contributed by atoms with van der Waals surface area (Å²) in [5.41, 5.74) is 1.07. The number of hydrogen-bond acceptors (Lipinski definition) is 4. The highest BCUT2D eigenvalue weighted by molar-refractivity contribution is 7.11. The molecule has 1 aromatic rings. The molecule has 3 nitrogen and oxygen atoms in total. The van der Waals surface area contributed by atoms with Gasteiger partial charge >= 0.3 is 0 Å². The van der Waals surface area contributed by atoms with Gasteiger partial charge in [-0.25, -0.2) is 4.98 Å². The Morgan fingerprint density at radius 2 is 2.11 bits per heavy atom. The summed E-state index contributed by atoms with van der Waals surface area (Å²) in [6.45, 7) is 6.30. The zero-order valence-electron chi connectivity index (χ0n) is 11.3. The molecule has 1 aliphatic rings. The predicted octanol–water partition coefficient (Wildman–Crippen LogP) is 2.65. The van der Waals surface area contributed by atoms with Gasteiger partial charge in [0.25, 0.3) is 0 Å². The van der Waals surface area contributed by atoms with Gasteiger partial charge in [-0.1, -0.05) is 0 Å². The Labute approximate surface area is 113 Å². The maximum Gasteiger partial charge on any atom is 0.139 e. The van der Waals surface area contributed by atoms with Gasteiger partial charge in [-0.05, 0) is 52.1 Å². The summed E-state index contributed by atoms with van der Waals surface area (Å²) < 4.78 is 0. The van der Waals surface area contributed by atoms with Crippen molar-refractivity contribution in [2.24, 2.45) is 5.92 Å². The van der Waals surface area contributed by atoms with Crippen molar-refractivity contribution < 1.29 is 4.79 Å². The van der Waals surface area contributed by atoms with Crippen LogP contribution in [-0.4, -0.2) is 23.9 Å². The number of piperidine rings is 1. The minimum absolute atomic E-state index is 0.349. The fourth-order valence-electron chi connectivity index (χ4n) is 2.41. The Hall–Kier alpha value is -0.740. The van der Waals surface area contributed by atoms with Crippen LogP contribution in [0.2, 0.25) is 0 Å². The summed E-state index contributed by atoms with van der Waals surface area (Å²) >= 11 is 1.66. The average Bonchev–Trinajstić information content (AvgIpc) is 2.67. The van der Waals surface area contributed by atoms with Crippen LogP contribution in [0.3, 0.4) is 0 Å². The molecule has 4 heteroatoms. The first kappa shape index (κ1) is 13.7. The number of aryl methyl sites for hydroxylation is 2. The minimum atomic E-state index is 0.349. The molecule has 0 radical (unpaired) electrons. The van der Waals surface area contributed by atoms with Crippen molar-refractivity contribution in [2.75, 3.05) is 13.1 Å². The largest absolute Gasteiger partial charge is 0.317 e. The van der Waals surface area contributed by atoms with Crippen LogP contribution >= 0.6 is 11.3 Å². The summed E-state index contributed by atoms with van der Waals surface area (Å²) in [5.74, 6) is 1.09. The van der Waals surface area contributed by atoms with Crippen LogP contribution < -0.4 is 5.32 Å². The molecule has 1 aromatic heterocycles. The van der Waals surface area contributed by atoms with Crippen LogP contribution in [0.1, 0.15) is 41.3 Å². The first-order chi connectivity index (χ1) is 8.65. The number of thiazole rings is 1. The monoisotopic (exact) mass is 266 g/mol. The van der Waals surface area contributed by atoms with Gasteiger partial charge in [0.1, 0.15) is 10.8 Å². The lowest BCUT2D eigenvalue weighted by atomic mass is 9.92.